The van der Waals surface area contributed by atoms with E-state index >= 15 is 4.79 Å². The zero-order chi connectivity index (χ0) is 78.0. The number of fused-ring (bicyclic) bond motifs is 22. The van der Waals surface area contributed by atoms with Gasteiger partial charge in [-0.3, -0.25) is 28.8 Å². The lowest BCUT2D eigenvalue weighted by Gasteiger charge is -2.36. The highest BCUT2D eigenvalue weighted by Crippen LogP contribution is 2.57. The molecule has 0 saturated carbocycles. The second-order valence-corrected chi connectivity index (χ2v) is 32.1. The molecule has 4 aliphatic heterocycles. The lowest BCUT2D eigenvalue weighted by molar-refractivity contribution is -0.134. The van der Waals surface area contributed by atoms with Crippen molar-refractivity contribution < 1.29 is 73.4 Å². The van der Waals surface area contributed by atoms with E-state index in [9.17, 15) is 59.1 Å². The number of aryl methyl sites for hydroxylation is 1. The fraction of sp³-hybridized carbons (Fsp3) is 0.197. The number of hydrogen-bond acceptors (Lipinski definition) is 28. The summed E-state index contributed by atoms with van der Waals surface area (Å²) in [7, 11) is 0. The normalized spacial score (nSPS) is 18.6. The zero-order valence-corrected chi connectivity index (χ0v) is 63.3. The maximum atomic E-state index is 15.3. The minimum atomic E-state index is -1.51. The lowest BCUT2D eigenvalue weighted by atomic mass is 9.77. The van der Waals surface area contributed by atoms with Gasteiger partial charge in [0.2, 0.25) is 11.8 Å². The van der Waals surface area contributed by atoms with Gasteiger partial charge in [0.25, 0.3) is 23.6 Å². The van der Waals surface area contributed by atoms with Crippen LogP contribution in [0.5, 0.6) is 28.7 Å². The number of rotatable bonds is 12. The third-order valence-corrected chi connectivity index (χ3v) is 24.7. The molecule has 7 atom stereocenters. The minimum Gasteiger partial charge on any atom is -0.508 e. The maximum absolute atomic E-state index is 15.3. The van der Waals surface area contributed by atoms with Gasteiger partial charge < -0.3 is 77.5 Å². The number of aromatic hydroxyl groups is 3. The molecule has 112 heavy (non-hydrogen) atoms. The number of thiazole rings is 6. The first kappa shape index (κ1) is 73.8. The first-order chi connectivity index (χ1) is 54.0. The number of amides is 8. The highest BCUT2D eigenvalue weighted by molar-refractivity contribution is 7.15. The van der Waals surface area contributed by atoms with Gasteiger partial charge in [0.1, 0.15) is 117 Å². The third-order valence-electron chi connectivity index (χ3n) is 19.2. The van der Waals surface area contributed by atoms with E-state index in [1.54, 1.807) is 109 Å². The largest absolute Gasteiger partial charge is 0.508 e. The highest BCUT2D eigenvalue weighted by atomic mass is 32.1. The van der Waals surface area contributed by atoms with Gasteiger partial charge in [-0.25, -0.2) is 44.5 Å². The number of pyridine rings is 1. The number of phenolic OH excluding ortho intramolecular Hbond substituents is 3. The van der Waals surface area contributed by atoms with Crippen LogP contribution in [0.4, 0.5) is 10.5 Å². The number of nitrogens with two attached hydrogens (primary N) is 1. The van der Waals surface area contributed by atoms with Crippen LogP contribution < -0.4 is 42.4 Å². The van der Waals surface area contributed by atoms with Crippen molar-refractivity contribution in [3.63, 3.8) is 0 Å². The van der Waals surface area contributed by atoms with Gasteiger partial charge in [-0.2, -0.15) is 0 Å². The summed E-state index contributed by atoms with van der Waals surface area (Å²) in [5.41, 5.74) is 8.46. The van der Waals surface area contributed by atoms with E-state index < -0.39 is 102 Å². The van der Waals surface area contributed by atoms with Crippen molar-refractivity contribution in [2.24, 2.45) is 11.7 Å². The van der Waals surface area contributed by atoms with Crippen LogP contribution >= 0.6 is 68.0 Å². The molecule has 566 valence electrons. The smallest absolute Gasteiger partial charge is 0.340 e. The monoisotopic (exact) mass is 1620 g/mol. The summed E-state index contributed by atoms with van der Waals surface area (Å²) in [6, 6.07) is 26.3. The van der Waals surface area contributed by atoms with Gasteiger partial charge in [0, 0.05) is 104 Å². The number of carbonyl (C=O) groups is 8. The summed E-state index contributed by atoms with van der Waals surface area (Å²) < 4.78 is 12.2. The average Bonchev–Trinajstić information content (AvgIpc) is 1.48. The fourth-order valence-electron chi connectivity index (χ4n) is 13.7. The molecule has 13 N–H and O–H groups in total. The van der Waals surface area contributed by atoms with Crippen LogP contribution in [0.1, 0.15) is 138 Å². The number of carbonyl (C=O) groups excluding carboxylic acids is 8. The first-order valence-corrected chi connectivity index (χ1v) is 39.8. The second kappa shape index (κ2) is 30.2. The molecular weight excluding hydrogens is 1560 g/mol. The Hall–Kier alpha value is -12.3. The van der Waals surface area contributed by atoms with Crippen LogP contribution in [0, 0.1) is 12.8 Å². The summed E-state index contributed by atoms with van der Waals surface area (Å²) in [6.45, 7) is 3.22. The van der Waals surface area contributed by atoms with Gasteiger partial charge >= 0.3 is 12.0 Å². The van der Waals surface area contributed by atoms with E-state index in [0.29, 0.717) is 75.4 Å². The van der Waals surface area contributed by atoms with Gasteiger partial charge in [-0.05, 0) is 78.7 Å². The Labute approximate surface area is 658 Å². The average molecular weight is 1620 g/mol. The number of phenols is 3. The lowest BCUT2D eigenvalue weighted by Crippen LogP contribution is -2.50. The van der Waals surface area contributed by atoms with Crippen molar-refractivity contribution >= 4 is 121 Å². The molecule has 1 spiro atoms. The predicted octanol–water partition coefficient (Wildman–Crippen LogP) is 9.82. The molecule has 5 aromatic carbocycles. The molecule has 0 unspecified atom stereocenters. The second-order valence-electron chi connectivity index (χ2n) is 26.5. The van der Waals surface area contributed by atoms with Crippen LogP contribution in [0.3, 0.4) is 0 Å². The Balaban J connectivity index is 0.676. The number of aromatic nitrogens is 7. The number of esters is 1. The number of ether oxygens (including phenoxy) is 2. The Kier molecular flexibility index (Phi) is 19.9. The number of aliphatic hydroxyl groups excluding tert-OH is 2. The Morgan fingerprint density at radius 1 is 0.616 bits per heavy atom. The maximum Gasteiger partial charge on any atom is 0.340 e. The number of benzene rings is 5. The number of hydrogen-bond donors (Lipinski definition) is 12. The Morgan fingerprint density at radius 2 is 1.25 bits per heavy atom. The van der Waals surface area contributed by atoms with Crippen LogP contribution in [-0.2, 0) is 26.3 Å². The highest BCUT2D eigenvalue weighted by Gasteiger charge is 2.54. The van der Waals surface area contributed by atoms with Crippen molar-refractivity contribution in [1.29, 1.82) is 0 Å². The standard InChI is InChI=1S/C76H61N15O15S6/c1-33-54(95)27-91-61(33)72-88-53(32-111-72)69-84-49(28-108-69)59-41(15-19-46(81-59)68-86-50(29-109-68)63(98)78-20-21-79-75(104)80-37-10-16-43-42(23-37)74(103)106-76(43)44-17-13-39(93)24-55(44)105-56-25-40(94)14-18-45(56)76)67-85-51(30-107-67)64(99)82-47(26-57(77)96)70-90-58(34(2)112-70)66(101)89-60(62(97)36-6-4-3-5-7-36)71-87-52(31-110-71)65(100)83-48(73(91)102)22-35-8-11-38(92)12-9-35/h3-19,23-25,28-33,47-48,54,60-62,92-95,97H,20-22,26-27H2,1-2H3,(H2,77,96)(H,78,98)(H,82,99)(H,83,100)(H,89,101)(H2,79,80,104)/t33-,47-,48-,54-,60-,61-,62+/m0/s1. The summed E-state index contributed by atoms with van der Waals surface area (Å²) in [4.78, 5) is 148. The molecule has 11 heterocycles. The summed E-state index contributed by atoms with van der Waals surface area (Å²) >= 11 is 6.70. The van der Waals surface area contributed by atoms with Gasteiger partial charge in [0.05, 0.1) is 35.9 Å². The molecule has 1 saturated heterocycles. The number of nitrogens with zero attached hydrogens (tertiary/aromatic N) is 8. The molecular formula is C76H61N15O15S6. The van der Waals surface area contributed by atoms with Gasteiger partial charge in [0.15, 0.2) is 5.60 Å². The molecule has 10 bridgehead atoms. The predicted molar refractivity (Wildman–Crippen MR) is 413 cm³/mol. The van der Waals surface area contributed by atoms with Crippen molar-refractivity contribution in [2.75, 3.05) is 25.0 Å². The third kappa shape index (κ3) is 14.3. The zero-order valence-electron chi connectivity index (χ0n) is 58.4. The van der Waals surface area contributed by atoms with Crippen LogP contribution in [0.25, 0.3) is 43.4 Å². The number of urea groups is 1. The molecule has 16 rings (SSSR count). The molecule has 7 aromatic heterocycles. The molecule has 8 amide bonds. The molecule has 1 fully saturated rings. The van der Waals surface area contributed by atoms with E-state index in [2.05, 4.69) is 46.9 Å². The molecule has 0 aliphatic carbocycles. The van der Waals surface area contributed by atoms with Crippen molar-refractivity contribution in [2.45, 2.75) is 68.7 Å². The van der Waals surface area contributed by atoms with Crippen molar-refractivity contribution in [3.05, 3.63) is 224 Å². The van der Waals surface area contributed by atoms with E-state index in [-0.39, 0.29) is 105 Å². The van der Waals surface area contributed by atoms with E-state index in [1.807, 2.05) is 0 Å². The van der Waals surface area contributed by atoms with Gasteiger partial charge in [-0.15, -0.1) is 68.0 Å². The van der Waals surface area contributed by atoms with Crippen LogP contribution in [-0.4, -0.2) is 145 Å². The topological polar surface area (TPSA) is 448 Å². The number of primary amides is 1. The molecule has 36 heteroatoms. The minimum absolute atomic E-state index is 0.0234. The first-order valence-electron chi connectivity index (χ1n) is 34.5. The molecule has 12 aromatic rings. The number of nitrogens with one attached hydrogen (secondary N) is 6. The summed E-state index contributed by atoms with van der Waals surface area (Å²) in [5.74, 6) is -5.25. The molecule has 30 nitrogen and oxygen atoms in total. The van der Waals surface area contributed by atoms with Gasteiger partial charge in [-0.1, -0.05) is 55.5 Å². The van der Waals surface area contributed by atoms with Crippen molar-refractivity contribution in [3.8, 4) is 72.1 Å². The number of aliphatic hydroxyl groups is 2. The van der Waals surface area contributed by atoms with Crippen LogP contribution in [0.15, 0.2) is 148 Å². The molecule has 0 radical (unpaired) electrons. The number of anilines is 1. The SMILES string of the molecule is Cc1sc2nc1C(=O)N[C@@H]([C@H](O)c1ccccc1)c1nc(cs1)C(=O)N[C@@H](Cc1ccc(O)cc1)C(=O)N1C[C@H](O)[C@H](C)[C@H]1c1nc(cs1)-c1nc(cs1)-c1nc(-c3nc(C(=O)NCCNC(=O)Nc4ccc5c(c4)C(=O)OC54c5ccc(O)cc5Oc5cc(O)ccc54)cs3)ccc1-c1nc(cs1)C(=O)N[C@H]2CC(N)=O. The van der Waals surface area contributed by atoms with Crippen molar-refractivity contribution in [1.82, 2.24) is 66.4 Å². The van der Waals surface area contributed by atoms with Crippen LogP contribution in [0.2, 0.25) is 0 Å². The quantitative estimate of drug-likeness (QED) is 0.0399. The Morgan fingerprint density at radius 3 is 2.00 bits per heavy atom. The summed E-state index contributed by atoms with van der Waals surface area (Å²) in [5, 5.41) is 81.1. The Bertz CT molecular complexity index is 5730. The van der Waals surface area contributed by atoms with E-state index in [0.717, 1.165) is 45.3 Å². The van der Waals surface area contributed by atoms with E-state index in [1.165, 1.54) is 80.8 Å². The van der Waals surface area contributed by atoms with E-state index in [4.69, 9.17) is 35.1 Å². The molecule has 4 aliphatic rings. The fourth-order valence-corrected chi connectivity index (χ4v) is 19.0. The summed E-state index contributed by atoms with van der Waals surface area (Å²) in [6.07, 6.45) is -2.96.